The minimum atomic E-state index is -0.653. The molecular weight excluding hydrogens is 359 g/mol. The topological polar surface area (TPSA) is 112 Å². The van der Waals surface area contributed by atoms with Gasteiger partial charge in [0.05, 0.1) is 10.6 Å². The van der Waals surface area contributed by atoms with Crippen LogP contribution in [0.3, 0.4) is 0 Å². The minimum absolute atomic E-state index is 0.0373. The van der Waals surface area contributed by atoms with Crippen LogP contribution < -0.4 is 15.8 Å². The Hall–Kier alpha value is -2.22. The summed E-state index contributed by atoms with van der Waals surface area (Å²) in [7, 11) is 0. The highest BCUT2D eigenvalue weighted by atomic mass is 35.5. The SMILES string of the molecule is Cc1cc(C)c(CNC(=O)c2cc(Cl)c(O)c(OO)c2Cl)c(=O)[nH]1. The molecule has 0 radical (unpaired) electrons. The normalized spacial score (nSPS) is 10.5. The summed E-state index contributed by atoms with van der Waals surface area (Å²) in [4.78, 5) is 30.8. The van der Waals surface area contributed by atoms with Gasteiger partial charge in [0, 0.05) is 17.8 Å². The Morgan fingerprint density at radius 1 is 1.33 bits per heavy atom. The maximum absolute atomic E-state index is 12.3. The molecule has 7 nitrogen and oxygen atoms in total. The van der Waals surface area contributed by atoms with Gasteiger partial charge in [0.15, 0.2) is 5.75 Å². The van der Waals surface area contributed by atoms with E-state index in [2.05, 4.69) is 15.2 Å². The van der Waals surface area contributed by atoms with Gasteiger partial charge in [-0.2, -0.15) is 0 Å². The zero-order valence-corrected chi connectivity index (χ0v) is 14.2. The Morgan fingerprint density at radius 2 is 2.00 bits per heavy atom. The van der Waals surface area contributed by atoms with Crippen molar-refractivity contribution in [3.63, 3.8) is 0 Å². The third kappa shape index (κ3) is 3.48. The van der Waals surface area contributed by atoms with Gasteiger partial charge in [0.2, 0.25) is 5.75 Å². The van der Waals surface area contributed by atoms with Gasteiger partial charge in [-0.25, -0.2) is 5.26 Å². The van der Waals surface area contributed by atoms with Crippen molar-refractivity contribution >= 4 is 29.1 Å². The van der Waals surface area contributed by atoms with Crippen LogP contribution in [0.2, 0.25) is 10.0 Å². The number of halogens is 2. The molecule has 0 unspecified atom stereocenters. The van der Waals surface area contributed by atoms with E-state index in [1.165, 1.54) is 0 Å². The fourth-order valence-electron chi connectivity index (χ4n) is 2.21. The second kappa shape index (κ2) is 7.12. The number of pyridine rings is 1. The molecular formula is C15H14Cl2N2O5. The summed E-state index contributed by atoms with van der Waals surface area (Å²) in [6.45, 7) is 3.47. The van der Waals surface area contributed by atoms with Crippen LogP contribution >= 0.6 is 23.2 Å². The van der Waals surface area contributed by atoms with Crippen LogP contribution in [0.15, 0.2) is 16.9 Å². The summed E-state index contributed by atoms with van der Waals surface area (Å²) >= 11 is 11.7. The van der Waals surface area contributed by atoms with E-state index < -0.39 is 17.4 Å². The number of amides is 1. The summed E-state index contributed by atoms with van der Waals surface area (Å²) in [6, 6.07) is 2.91. The van der Waals surface area contributed by atoms with Gasteiger partial charge in [0.1, 0.15) is 5.02 Å². The lowest BCUT2D eigenvalue weighted by Crippen LogP contribution is -2.28. The number of H-pyrrole nitrogens is 1. The lowest BCUT2D eigenvalue weighted by atomic mass is 10.1. The van der Waals surface area contributed by atoms with Crippen LogP contribution in [-0.2, 0) is 6.54 Å². The molecule has 0 aliphatic carbocycles. The third-order valence-corrected chi connectivity index (χ3v) is 4.07. The molecule has 1 amide bonds. The highest BCUT2D eigenvalue weighted by Crippen LogP contribution is 2.41. The first kappa shape index (κ1) is 18.1. The molecule has 0 bridgehead atoms. The number of phenols is 1. The standard InChI is InChI=1S/C15H14Cl2N2O5/c1-6-3-7(2)19-15(22)9(6)5-18-14(21)8-4-10(16)12(20)13(24-23)11(8)17/h3-4,20,23H,5H2,1-2H3,(H,18,21)(H,19,22). The van der Waals surface area contributed by atoms with Gasteiger partial charge < -0.3 is 20.3 Å². The van der Waals surface area contributed by atoms with Crippen molar-refractivity contribution in [2.75, 3.05) is 0 Å². The first-order chi connectivity index (χ1) is 11.3. The molecule has 1 aromatic carbocycles. The number of rotatable bonds is 4. The van der Waals surface area contributed by atoms with Gasteiger partial charge in [0.25, 0.3) is 11.5 Å². The Morgan fingerprint density at radius 3 is 2.58 bits per heavy atom. The number of carbonyl (C=O) groups is 1. The predicted molar refractivity (Wildman–Crippen MR) is 89.1 cm³/mol. The monoisotopic (exact) mass is 372 g/mol. The first-order valence-corrected chi connectivity index (χ1v) is 7.51. The van der Waals surface area contributed by atoms with Crippen LogP contribution in [0.5, 0.6) is 11.5 Å². The molecule has 2 aromatic rings. The van der Waals surface area contributed by atoms with Crippen molar-refractivity contribution in [3.8, 4) is 11.5 Å². The van der Waals surface area contributed by atoms with Crippen LogP contribution in [0.25, 0.3) is 0 Å². The zero-order chi connectivity index (χ0) is 18.0. The molecule has 0 aliphatic rings. The summed E-state index contributed by atoms with van der Waals surface area (Å²) < 4.78 is 0. The lowest BCUT2D eigenvalue weighted by molar-refractivity contribution is -0.138. The Kier molecular flexibility index (Phi) is 5.38. The number of aromatic hydroxyl groups is 1. The first-order valence-electron chi connectivity index (χ1n) is 6.76. The quantitative estimate of drug-likeness (QED) is 0.487. The molecule has 4 N–H and O–H groups in total. The Balaban J connectivity index is 2.29. The van der Waals surface area contributed by atoms with Crippen molar-refractivity contribution in [3.05, 3.63) is 54.9 Å². The Bertz CT molecular complexity index is 864. The third-order valence-electron chi connectivity index (χ3n) is 3.40. The predicted octanol–water partition coefficient (Wildman–Crippen LogP) is 2.79. The zero-order valence-electron chi connectivity index (χ0n) is 12.7. The van der Waals surface area contributed by atoms with Gasteiger partial charge in [-0.3, -0.25) is 9.59 Å². The lowest BCUT2D eigenvalue weighted by Gasteiger charge is -2.12. The highest BCUT2D eigenvalue weighted by Gasteiger charge is 2.22. The average Bonchev–Trinajstić information content (AvgIpc) is 2.50. The molecule has 0 aliphatic heterocycles. The van der Waals surface area contributed by atoms with Crippen LogP contribution in [-0.4, -0.2) is 21.3 Å². The second-order valence-electron chi connectivity index (χ2n) is 5.11. The van der Waals surface area contributed by atoms with Gasteiger partial charge in [-0.05, 0) is 31.5 Å². The molecule has 0 saturated heterocycles. The van der Waals surface area contributed by atoms with Gasteiger partial charge >= 0.3 is 0 Å². The summed E-state index contributed by atoms with van der Waals surface area (Å²) in [6.07, 6.45) is 0. The van der Waals surface area contributed by atoms with E-state index >= 15 is 0 Å². The smallest absolute Gasteiger partial charge is 0.253 e. The van der Waals surface area contributed by atoms with E-state index in [4.69, 9.17) is 28.5 Å². The summed E-state index contributed by atoms with van der Waals surface area (Å²) in [5.74, 6) is -1.77. The van der Waals surface area contributed by atoms with Crippen molar-refractivity contribution in [2.45, 2.75) is 20.4 Å². The van der Waals surface area contributed by atoms with Crippen molar-refractivity contribution in [1.29, 1.82) is 0 Å². The second-order valence-corrected chi connectivity index (χ2v) is 5.90. The minimum Gasteiger partial charge on any atom is -0.503 e. The maximum Gasteiger partial charge on any atom is 0.253 e. The number of benzene rings is 1. The molecule has 24 heavy (non-hydrogen) atoms. The highest BCUT2D eigenvalue weighted by molar-refractivity contribution is 6.38. The van der Waals surface area contributed by atoms with Crippen molar-refractivity contribution in [1.82, 2.24) is 10.3 Å². The van der Waals surface area contributed by atoms with E-state index in [1.807, 2.05) is 0 Å². The van der Waals surface area contributed by atoms with Crippen molar-refractivity contribution in [2.24, 2.45) is 0 Å². The number of aromatic amines is 1. The summed E-state index contributed by atoms with van der Waals surface area (Å²) in [5, 5.41) is 20.4. The molecule has 2 rings (SSSR count). The van der Waals surface area contributed by atoms with E-state index in [9.17, 15) is 14.7 Å². The van der Waals surface area contributed by atoms with Gasteiger partial charge in [-0.15, -0.1) is 0 Å². The molecule has 0 saturated carbocycles. The fraction of sp³-hybridized carbons (Fsp3) is 0.200. The van der Waals surface area contributed by atoms with Crippen LogP contribution in [0, 0.1) is 13.8 Å². The fourth-order valence-corrected chi connectivity index (χ4v) is 2.67. The van der Waals surface area contributed by atoms with E-state index in [1.54, 1.807) is 19.9 Å². The van der Waals surface area contributed by atoms with Crippen LogP contribution in [0.1, 0.15) is 27.2 Å². The van der Waals surface area contributed by atoms with E-state index in [-0.39, 0.29) is 27.7 Å². The van der Waals surface area contributed by atoms with Crippen LogP contribution in [0.4, 0.5) is 0 Å². The molecule has 128 valence electrons. The van der Waals surface area contributed by atoms with E-state index in [0.29, 0.717) is 11.3 Å². The molecule has 0 spiro atoms. The average molecular weight is 373 g/mol. The van der Waals surface area contributed by atoms with Crippen molar-refractivity contribution < 1.29 is 20.0 Å². The van der Waals surface area contributed by atoms with Gasteiger partial charge in [-0.1, -0.05) is 23.2 Å². The number of hydrogen-bond acceptors (Lipinski definition) is 5. The number of carbonyl (C=O) groups excluding carboxylic acids is 1. The number of aryl methyl sites for hydroxylation is 2. The molecule has 0 atom stereocenters. The Labute approximate surface area is 146 Å². The molecule has 1 aromatic heterocycles. The maximum atomic E-state index is 12.3. The van der Waals surface area contributed by atoms with E-state index in [0.717, 1.165) is 11.6 Å². The largest absolute Gasteiger partial charge is 0.503 e. The molecule has 9 heteroatoms. The number of aromatic nitrogens is 1. The number of hydrogen-bond donors (Lipinski definition) is 4. The number of phenolic OH excluding ortho intramolecular Hbond substituents is 1. The molecule has 1 heterocycles. The summed E-state index contributed by atoms with van der Waals surface area (Å²) in [5.41, 5.74) is 1.41. The molecule has 0 fully saturated rings. The number of nitrogens with one attached hydrogen (secondary N) is 2.